The van der Waals surface area contributed by atoms with Crippen molar-refractivity contribution in [3.8, 4) is 5.75 Å². The van der Waals surface area contributed by atoms with Crippen LogP contribution in [0.5, 0.6) is 5.75 Å². The summed E-state index contributed by atoms with van der Waals surface area (Å²) in [6.07, 6.45) is 4.90. The number of hydrogen-bond acceptors (Lipinski definition) is 7. The first-order valence-corrected chi connectivity index (χ1v) is 10.9. The topological polar surface area (TPSA) is 126 Å². The Labute approximate surface area is 204 Å². The van der Waals surface area contributed by atoms with Gasteiger partial charge in [-0.25, -0.2) is 9.97 Å². The largest absolute Gasteiger partial charge is 0.424 e. The zero-order valence-electron chi connectivity index (χ0n) is 17.8. The van der Waals surface area contributed by atoms with Crippen LogP contribution in [0, 0.1) is 0 Å². The molecule has 170 valence electrons. The zero-order chi connectivity index (χ0) is 24.1. The van der Waals surface area contributed by atoms with E-state index in [1.807, 2.05) is 0 Å². The van der Waals surface area contributed by atoms with Gasteiger partial charge >= 0.3 is 5.97 Å². The highest BCUT2D eigenvalue weighted by Gasteiger charge is 2.27. The number of nitrogens with one attached hydrogen (secondary N) is 1. The Morgan fingerprint density at radius 3 is 2.62 bits per heavy atom. The summed E-state index contributed by atoms with van der Waals surface area (Å²) >= 11 is 13.3. The number of aromatic nitrogens is 3. The minimum absolute atomic E-state index is 0.156. The van der Waals surface area contributed by atoms with E-state index in [1.54, 1.807) is 68.0 Å². The summed E-state index contributed by atoms with van der Waals surface area (Å²) in [5, 5.41) is 8.12. The standard InChI is InChI=1S/C23H17Cl2N7O2/c1-2-18(33)34-22-15(12-16(24)13-7-4-9-27-21(13)22)20(30-23-28-10-5-11-29-23)14-6-3-8-17(19(14)25)31-32-26/h3-12,20H,2H2,1H3,(H,28,29,30). The molecule has 11 heteroatoms. The van der Waals surface area contributed by atoms with Crippen molar-refractivity contribution < 1.29 is 9.53 Å². The highest BCUT2D eigenvalue weighted by atomic mass is 35.5. The molecule has 2 aromatic carbocycles. The van der Waals surface area contributed by atoms with Crippen LogP contribution >= 0.6 is 23.2 Å². The summed E-state index contributed by atoms with van der Waals surface area (Å²) in [6.45, 7) is 1.70. The van der Waals surface area contributed by atoms with Gasteiger partial charge in [-0.15, -0.1) is 0 Å². The maximum atomic E-state index is 12.4. The Morgan fingerprint density at radius 2 is 1.88 bits per heavy atom. The van der Waals surface area contributed by atoms with Gasteiger partial charge in [-0.3, -0.25) is 9.78 Å². The van der Waals surface area contributed by atoms with Crippen LogP contribution in [0.25, 0.3) is 21.3 Å². The number of benzene rings is 2. The lowest BCUT2D eigenvalue weighted by Gasteiger charge is -2.24. The number of hydrogen-bond donors (Lipinski definition) is 1. The molecular weight excluding hydrogens is 477 g/mol. The predicted molar refractivity (Wildman–Crippen MR) is 130 cm³/mol. The molecule has 0 aliphatic rings. The summed E-state index contributed by atoms with van der Waals surface area (Å²) in [7, 11) is 0. The number of rotatable bonds is 7. The van der Waals surface area contributed by atoms with Crippen molar-refractivity contribution in [1.82, 2.24) is 15.0 Å². The van der Waals surface area contributed by atoms with Crippen molar-refractivity contribution in [2.75, 3.05) is 5.32 Å². The molecule has 1 N–H and O–H groups in total. The van der Waals surface area contributed by atoms with E-state index < -0.39 is 12.0 Å². The quantitative estimate of drug-likeness (QED) is 0.0991. The molecule has 0 bridgehead atoms. The summed E-state index contributed by atoms with van der Waals surface area (Å²) in [5.74, 6) is 0.0764. The van der Waals surface area contributed by atoms with Crippen molar-refractivity contribution in [1.29, 1.82) is 0 Å². The molecule has 1 unspecified atom stereocenters. The van der Waals surface area contributed by atoms with Gasteiger partial charge in [-0.1, -0.05) is 53.4 Å². The SMILES string of the molecule is CCC(=O)Oc1c(C(Nc2ncccn2)c2cccc(N=[N+]=[N-])c2Cl)cc(Cl)c2cccnc12. The molecule has 0 fully saturated rings. The van der Waals surface area contributed by atoms with Crippen LogP contribution in [-0.4, -0.2) is 20.9 Å². The zero-order valence-corrected chi connectivity index (χ0v) is 19.3. The average Bonchev–Trinajstić information content (AvgIpc) is 2.86. The van der Waals surface area contributed by atoms with E-state index in [1.165, 1.54) is 0 Å². The van der Waals surface area contributed by atoms with E-state index in [0.29, 0.717) is 33.0 Å². The van der Waals surface area contributed by atoms with Crippen LogP contribution < -0.4 is 10.1 Å². The second-order valence-corrected chi connectivity index (χ2v) is 7.81. The fourth-order valence-electron chi connectivity index (χ4n) is 3.41. The fraction of sp³-hybridized carbons (Fsp3) is 0.130. The van der Waals surface area contributed by atoms with E-state index >= 15 is 0 Å². The molecule has 1 atom stereocenters. The van der Waals surface area contributed by atoms with Gasteiger partial charge in [-0.05, 0) is 35.4 Å². The number of fused-ring (bicyclic) bond motifs is 1. The van der Waals surface area contributed by atoms with Crippen LogP contribution in [0.3, 0.4) is 0 Å². The third-order valence-corrected chi connectivity index (χ3v) is 5.68. The number of anilines is 1. The first kappa shape index (κ1) is 23.3. The lowest BCUT2D eigenvalue weighted by atomic mass is 9.95. The number of carbonyl (C=O) groups is 1. The number of azide groups is 1. The number of halogens is 2. The van der Waals surface area contributed by atoms with Gasteiger partial charge < -0.3 is 10.1 Å². The van der Waals surface area contributed by atoms with Crippen LogP contribution in [0.1, 0.15) is 30.5 Å². The molecule has 9 nitrogen and oxygen atoms in total. The third kappa shape index (κ3) is 4.72. The first-order valence-electron chi connectivity index (χ1n) is 10.2. The molecule has 2 heterocycles. The molecule has 2 aromatic heterocycles. The Kier molecular flexibility index (Phi) is 7.08. The van der Waals surface area contributed by atoms with Gasteiger partial charge in [-0.2, -0.15) is 0 Å². The van der Waals surface area contributed by atoms with Crippen molar-refractivity contribution in [2.45, 2.75) is 19.4 Å². The molecule has 4 aromatic rings. The molecule has 0 saturated carbocycles. The molecule has 0 saturated heterocycles. The summed E-state index contributed by atoms with van der Waals surface area (Å²) in [5.41, 5.74) is 10.6. The van der Waals surface area contributed by atoms with Crippen molar-refractivity contribution in [3.63, 3.8) is 0 Å². The van der Waals surface area contributed by atoms with E-state index in [9.17, 15) is 4.79 Å². The summed E-state index contributed by atoms with van der Waals surface area (Å²) in [4.78, 5) is 28.1. The minimum atomic E-state index is -0.743. The van der Waals surface area contributed by atoms with Gasteiger partial charge in [0.25, 0.3) is 0 Å². The maximum absolute atomic E-state index is 12.4. The van der Waals surface area contributed by atoms with Crippen LogP contribution in [0.15, 0.2) is 66.2 Å². The summed E-state index contributed by atoms with van der Waals surface area (Å²) < 4.78 is 5.75. The number of pyridine rings is 1. The number of nitrogens with zero attached hydrogens (tertiary/aromatic N) is 6. The minimum Gasteiger partial charge on any atom is -0.424 e. The molecular formula is C23H17Cl2N7O2. The third-order valence-electron chi connectivity index (χ3n) is 4.95. The van der Waals surface area contributed by atoms with Gasteiger partial charge in [0.1, 0.15) is 5.52 Å². The number of carbonyl (C=O) groups excluding carboxylic acids is 1. The lowest BCUT2D eigenvalue weighted by Crippen LogP contribution is -2.18. The van der Waals surface area contributed by atoms with E-state index in [2.05, 4.69) is 30.3 Å². The van der Waals surface area contributed by atoms with Gasteiger partial charge in [0.15, 0.2) is 5.75 Å². The normalized spacial score (nSPS) is 11.5. The smallest absolute Gasteiger partial charge is 0.310 e. The Bertz CT molecular complexity index is 1410. The monoisotopic (exact) mass is 493 g/mol. The van der Waals surface area contributed by atoms with E-state index in [4.69, 9.17) is 33.5 Å². The van der Waals surface area contributed by atoms with Crippen LogP contribution in [0.4, 0.5) is 11.6 Å². The van der Waals surface area contributed by atoms with Gasteiger partial charge in [0.05, 0.1) is 21.8 Å². The Balaban J connectivity index is 2.01. The highest BCUT2D eigenvalue weighted by Crippen LogP contribution is 2.43. The lowest BCUT2D eigenvalue weighted by molar-refractivity contribution is -0.133. The molecule has 34 heavy (non-hydrogen) atoms. The van der Waals surface area contributed by atoms with Crippen molar-refractivity contribution in [2.24, 2.45) is 5.11 Å². The Morgan fingerprint density at radius 1 is 1.12 bits per heavy atom. The van der Waals surface area contributed by atoms with Crippen LogP contribution in [-0.2, 0) is 4.79 Å². The molecule has 4 rings (SSSR count). The molecule has 0 radical (unpaired) electrons. The predicted octanol–water partition coefficient (Wildman–Crippen LogP) is 6.79. The number of esters is 1. The maximum Gasteiger partial charge on any atom is 0.310 e. The highest BCUT2D eigenvalue weighted by molar-refractivity contribution is 6.36. The Hall–Kier alpha value is -3.91. The van der Waals surface area contributed by atoms with Crippen molar-refractivity contribution >= 4 is 51.7 Å². The average molecular weight is 494 g/mol. The van der Waals surface area contributed by atoms with E-state index in [-0.39, 0.29) is 22.9 Å². The summed E-state index contributed by atoms with van der Waals surface area (Å²) in [6, 6.07) is 11.2. The molecule has 0 aliphatic carbocycles. The van der Waals surface area contributed by atoms with Crippen molar-refractivity contribution in [3.05, 3.63) is 92.7 Å². The van der Waals surface area contributed by atoms with Gasteiger partial charge in [0, 0.05) is 40.9 Å². The molecule has 0 spiro atoms. The molecule has 0 aliphatic heterocycles. The number of ether oxygens (including phenoxy) is 1. The van der Waals surface area contributed by atoms with Gasteiger partial charge in [0.2, 0.25) is 5.95 Å². The second-order valence-electron chi connectivity index (χ2n) is 7.02. The van der Waals surface area contributed by atoms with E-state index in [0.717, 1.165) is 0 Å². The first-order chi connectivity index (χ1) is 16.5. The fourth-order valence-corrected chi connectivity index (χ4v) is 3.96. The van der Waals surface area contributed by atoms with Crippen LogP contribution in [0.2, 0.25) is 10.0 Å². The molecule has 0 amide bonds. The second kappa shape index (κ2) is 10.4.